The Kier molecular flexibility index (Phi) is 3.11. The van der Waals surface area contributed by atoms with Crippen LogP contribution in [0.3, 0.4) is 0 Å². The van der Waals surface area contributed by atoms with Crippen molar-refractivity contribution in [2.45, 2.75) is 12.8 Å². The molecule has 0 unspecified atom stereocenters. The summed E-state index contributed by atoms with van der Waals surface area (Å²) < 4.78 is 2.04. The standard InChI is InChI=1S/C19H16N2O/c22-18(14-6-7-14)15-8-10-17(11-9-15)21-13-12-20-19(21)16-4-2-1-3-5-16/h1-5,8-14H,6-7H2. The second-order valence-corrected chi connectivity index (χ2v) is 5.67. The number of ketones is 1. The molecule has 1 aromatic heterocycles. The Morgan fingerprint density at radius 3 is 2.41 bits per heavy atom. The molecular weight excluding hydrogens is 272 g/mol. The van der Waals surface area contributed by atoms with Crippen LogP contribution in [0.1, 0.15) is 23.2 Å². The summed E-state index contributed by atoms with van der Waals surface area (Å²) in [6, 6.07) is 17.9. The minimum absolute atomic E-state index is 0.263. The van der Waals surface area contributed by atoms with E-state index >= 15 is 0 Å². The molecule has 1 fully saturated rings. The molecule has 3 heteroatoms. The monoisotopic (exact) mass is 288 g/mol. The molecule has 0 bridgehead atoms. The van der Waals surface area contributed by atoms with Gasteiger partial charge in [-0.15, -0.1) is 0 Å². The zero-order valence-corrected chi connectivity index (χ0v) is 12.1. The molecule has 1 saturated carbocycles. The average molecular weight is 288 g/mol. The smallest absolute Gasteiger partial charge is 0.165 e. The van der Waals surface area contributed by atoms with Gasteiger partial charge in [0.05, 0.1) is 0 Å². The number of Topliss-reactive ketones (excluding diaryl/α,β-unsaturated/α-hetero) is 1. The van der Waals surface area contributed by atoms with Crippen molar-refractivity contribution in [2.24, 2.45) is 5.92 Å². The summed E-state index contributed by atoms with van der Waals surface area (Å²) in [5, 5.41) is 0. The number of imidazole rings is 1. The summed E-state index contributed by atoms with van der Waals surface area (Å²) >= 11 is 0. The lowest BCUT2D eigenvalue weighted by Crippen LogP contribution is -2.02. The van der Waals surface area contributed by atoms with Crippen LogP contribution < -0.4 is 0 Å². The fourth-order valence-electron chi connectivity index (χ4n) is 2.68. The van der Waals surface area contributed by atoms with Crippen molar-refractivity contribution in [3.8, 4) is 17.1 Å². The number of hydrogen-bond acceptors (Lipinski definition) is 2. The Morgan fingerprint density at radius 2 is 1.73 bits per heavy atom. The summed E-state index contributed by atoms with van der Waals surface area (Å²) in [6.07, 6.45) is 5.83. The Hall–Kier alpha value is -2.68. The van der Waals surface area contributed by atoms with Gasteiger partial charge >= 0.3 is 0 Å². The van der Waals surface area contributed by atoms with Gasteiger partial charge in [0, 0.05) is 35.1 Å². The number of nitrogens with zero attached hydrogens (tertiary/aromatic N) is 2. The molecule has 0 radical (unpaired) electrons. The maximum Gasteiger partial charge on any atom is 0.165 e. The first-order valence-corrected chi connectivity index (χ1v) is 7.56. The predicted octanol–water partition coefficient (Wildman–Crippen LogP) is 4.13. The van der Waals surface area contributed by atoms with E-state index in [1.165, 1.54) is 0 Å². The third-order valence-corrected chi connectivity index (χ3v) is 4.05. The molecule has 0 N–H and O–H groups in total. The van der Waals surface area contributed by atoms with Crippen LogP contribution in [0.5, 0.6) is 0 Å². The largest absolute Gasteiger partial charge is 0.300 e. The minimum Gasteiger partial charge on any atom is -0.300 e. The van der Waals surface area contributed by atoms with E-state index in [1.54, 1.807) is 6.20 Å². The van der Waals surface area contributed by atoms with Gasteiger partial charge < -0.3 is 0 Å². The maximum absolute atomic E-state index is 12.1. The number of carbonyl (C=O) groups excluding carboxylic acids is 1. The first kappa shape index (κ1) is 13.0. The SMILES string of the molecule is O=C(c1ccc(-n2ccnc2-c2ccccc2)cc1)C1CC1. The fourth-order valence-corrected chi connectivity index (χ4v) is 2.68. The van der Waals surface area contributed by atoms with Gasteiger partial charge in [-0.1, -0.05) is 30.3 Å². The van der Waals surface area contributed by atoms with Gasteiger partial charge in [0.25, 0.3) is 0 Å². The quantitative estimate of drug-likeness (QED) is 0.676. The molecule has 0 aliphatic heterocycles. The summed E-state index contributed by atoms with van der Waals surface area (Å²) in [5.41, 5.74) is 2.90. The van der Waals surface area contributed by atoms with Gasteiger partial charge in [0.2, 0.25) is 0 Å². The normalized spacial score (nSPS) is 14.0. The molecular formula is C19H16N2O. The minimum atomic E-state index is 0.263. The second-order valence-electron chi connectivity index (χ2n) is 5.67. The van der Waals surface area contributed by atoms with Crippen LogP contribution in [0.25, 0.3) is 17.1 Å². The molecule has 1 aliphatic carbocycles. The number of benzene rings is 2. The molecule has 0 amide bonds. The van der Waals surface area contributed by atoms with E-state index in [-0.39, 0.29) is 11.7 Å². The third kappa shape index (κ3) is 2.35. The van der Waals surface area contributed by atoms with Gasteiger partial charge in [0.15, 0.2) is 5.78 Å². The van der Waals surface area contributed by atoms with Crippen molar-refractivity contribution < 1.29 is 4.79 Å². The maximum atomic E-state index is 12.1. The van der Waals surface area contributed by atoms with E-state index in [0.29, 0.717) is 0 Å². The summed E-state index contributed by atoms with van der Waals surface area (Å²) in [7, 11) is 0. The molecule has 0 saturated heterocycles. The van der Waals surface area contributed by atoms with Crippen LogP contribution >= 0.6 is 0 Å². The second kappa shape index (κ2) is 5.26. The first-order chi connectivity index (χ1) is 10.8. The zero-order chi connectivity index (χ0) is 14.9. The van der Waals surface area contributed by atoms with Gasteiger partial charge in [-0.05, 0) is 37.1 Å². The Labute approximate surface area is 129 Å². The highest BCUT2D eigenvalue weighted by Crippen LogP contribution is 2.32. The van der Waals surface area contributed by atoms with Crippen LogP contribution in [-0.2, 0) is 0 Å². The molecule has 0 atom stereocenters. The molecule has 2 aromatic carbocycles. The highest BCUT2D eigenvalue weighted by Gasteiger charge is 2.30. The van der Waals surface area contributed by atoms with E-state index in [4.69, 9.17) is 0 Å². The van der Waals surface area contributed by atoms with Gasteiger partial charge in [0.1, 0.15) is 5.82 Å². The molecule has 4 rings (SSSR count). The molecule has 3 nitrogen and oxygen atoms in total. The van der Waals surface area contributed by atoms with E-state index in [0.717, 1.165) is 35.5 Å². The lowest BCUT2D eigenvalue weighted by atomic mass is 10.1. The highest BCUT2D eigenvalue weighted by atomic mass is 16.1. The number of carbonyl (C=O) groups is 1. The topological polar surface area (TPSA) is 34.9 Å². The Bertz CT molecular complexity index is 799. The lowest BCUT2D eigenvalue weighted by molar-refractivity contribution is 0.0967. The number of aromatic nitrogens is 2. The summed E-state index contributed by atoms with van der Waals surface area (Å²) in [4.78, 5) is 16.5. The van der Waals surface area contributed by atoms with E-state index in [1.807, 2.05) is 65.4 Å². The molecule has 1 heterocycles. The van der Waals surface area contributed by atoms with Crippen molar-refractivity contribution in [3.05, 3.63) is 72.6 Å². The average Bonchev–Trinajstić information content (AvgIpc) is 3.32. The third-order valence-electron chi connectivity index (χ3n) is 4.05. The zero-order valence-electron chi connectivity index (χ0n) is 12.1. The summed E-state index contributed by atoms with van der Waals surface area (Å²) in [6.45, 7) is 0. The predicted molar refractivity (Wildman–Crippen MR) is 86.1 cm³/mol. The van der Waals surface area contributed by atoms with Crippen molar-refractivity contribution in [2.75, 3.05) is 0 Å². The van der Waals surface area contributed by atoms with Gasteiger partial charge in [-0.3, -0.25) is 9.36 Å². The van der Waals surface area contributed by atoms with Crippen LogP contribution in [-0.4, -0.2) is 15.3 Å². The van der Waals surface area contributed by atoms with Crippen LogP contribution in [0.4, 0.5) is 0 Å². The molecule has 0 spiro atoms. The van der Waals surface area contributed by atoms with E-state index in [2.05, 4.69) is 4.98 Å². The molecule has 3 aromatic rings. The first-order valence-electron chi connectivity index (χ1n) is 7.56. The summed E-state index contributed by atoms with van der Waals surface area (Å²) in [5.74, 6) is 1.45. The van der Waals surface area contributed by atoms with Gasteiger partial charge in [-0.25, -0.2) is 4.98 Å². The van der Waals surface area contributed by atoms with Crippen LogP contribution in [0.15, 0.2) is 67.0 Å². The Balaban J connectivity index is 1.68. The molecule has 108 valence electrons. The van der Waals surface area contributed by atoms with Crippen LogP contribution in [0, 0.1) is 5.92 Å². The number of hydrogen-bond donors (Lipinski definition) is 0. The fraction of sp³-hybridized carbons (Fsp3) is 0.158. The van der Waals surface area contributed by atoms with E-state index in [9.17, 15) is 4.79 Å². The van der Waals surface area contributed by atoms with Gasteiger partial charge in [-0.2, -0.15) is 0 Å². The van der Waals surface area contributed by atoms with E-state index < -0.39 is 0 Å². The highest BCUT2D eigenvalue weighted by molar-refractivity contribution is 5.99. The van der Waals surface area contributed by atoms with Crippen molar-refractivity contribution in [1.82, 2.24) is 9.55 Å². The van der Waals surface area contributed by atoms with Crippen molar-refractivity contribution >= 4 is 5.78 Å². The lowest BCUT2D eigenvalue weighted by Gasteiger charge is -2.09. The van der Waals surface area contributed by atoms with Crippen LogP contribution in [0.2, 0.25) is 0 Å². The van der Waals surface area contributed by atoms with Crippen molar-refractivity contribution in [1.29, 1.82) is 0 Å². The molecule has 22 heavy (non-hydrogen) atoms. The number of rotatable bonds is 4. The molecule has 1 aliphatic rings. The van der Waals surface area contributed by atoms with Crippen molar-refractivity contribution in [3.63, 3.8) is 0 Å². The Morgan fingerprint density at radius 1 is 1.00 bits per heavy atom.